The second kappa shape index (κ2) is 16.2. The number of amides is 5. The molecule has 4 aliphatic heterocycles. The molecule has 2 aromatic carbocycles. The van der Waals surface area contributed by atoms with Crippen LogP contribution in [-0.2, 0) is 9.59 Å². The van der Waals surface area contributed by atoms with Crippen LogP contribution < -0.4 is 31.1 Å². The smallest absolute Gasteiger partial charge is 0.267 e. The zero-order chi connectivity index (χ0) is 39.8. The van der Waals surface area contributed by atoms with Crippen molar-refractivity contribution in [1.29, 1.82) is 0 Å². The molecule has 0 saturated carbocycles. The van der Waals surface area contributed by atoms with Crippen LogP contribution in [0.2, 0.25) is 5.02 Å². The summed E-state index contributed by atoms with van der Waals surface area (Å²) < 4.78 is 0. The molecule has 0 spiro atoms. The molecule has 4 aromatic rings. The number of aryl methyl sites for hydroxylation is 2. The lowest BCUT2D eigenvalue weighted by Gasteiger charge is -2.37. The third-order valence-electron chi connectivity index (χ3n) is 11.1. The summed E-state index contributed by atoms with van der Waals surface area (Å²) in [6.45, 7) is 7.99. The van der Waals surface area contributed by atoms with Crippen molar-refractivity contribution in [2.45, 2.75) is 64.5 Å². The molecule has 15 nitrogen and oxygen atoms in total. The van der Waals surface area contributed by atoms with Crippen LogP contribution in [0.5, 0.6) is 0 Å². The van der Waals surface area contributed by atoms with Gasteiger partial charge in [-0.15, -0.1) is 0 Å². The van der Waals surface area contributed by atoms with Crippen molar-refractivity contribution in [3.8, 4) is 0 Å². The predicted molar refractivity (Wildman–Crippen MR) is 218 cm³/mol. The molecule has 0 aliphatic carbocycles. The standard InChI is InChI=1S/C40H43ClN10O5S/c1-22-5-3-7-29(41)35(22)48-37(54)31-20-43-40(57-31)46-32-18-33(45-23(2)44-32)49-15-12-24(13-16-49)19-42-25-6-4-14-50(21-25)26-8-9-27-28(17-26)39(56)51(38(27)55)30-10-11-34(52)47-36(30)53/h3,5,7-9,17-18,20,24-25,30,42H,4,6,10-16,19,21H2,1-2H3,(H,48,54)(H,47,52,53)(H,43,44,45,46)/t25-,30?/m0/s1. The van der Waals surface area contributed by atoms with Gasteiger partial charge >= 0.3 is 0 Å². The van der Waals surface area contributed by atoms with Crippen molar-refractivity contribution in [2.24, 2.45) is 5.92 Å². The lowest BCUT2D eigenvalue weighted by molar-refractivity contribution is -0.136. The van der Waals surface area contributed by atoms with Gasteiger partial charge in [0.05, 0.1) is 28.0 Å². The van der Waals surface area contributed by atoms with Gasteiger partial charge in [0, 0.05) is 50.4 Å². The number of rotatable bonds is 10. The van der Waals surface area contributed by atoms with E-state index >= 15 is 0 Å². The Morgan fingerprint density at radius 2 is 1.75 bits per heavy atom. The summed E-state index contributed by atoms with van der Waals surface area (Å²) in [6, 6.07) is 12.0. The number of halogens is 1. The Hall–Kier alpha value is -5.45. The van der Waals surface area contributed by atoms with Crippen molar-refractivity contribution >= 4 is 80.6 Å². The molecule has 4 aliphatic rings. The maximum absolute atomic E-state index is 13.4. The number of carbonyl (C=O) groups excluding carboxylic acids is 5. The molecule has 2 aromatic heterocycles. The maximum Gasteiger partial charge on any atom is 0.267 e. The molecule has 296 valence electrons. The van der Waals surface area contributed by atoms with E-state index in [0.29, 0.717) is 43.8 Å². The van der Waals surface area contributed by atoms with Crippen molar-refractivity contribution < 1.29 is 24.0 Å². The topological polar surface area (TPSA) is 182 Å². The average Bonchev–Trinajstić information content (AvgIpc) is 3.77. The zero-order valence-electron chi connectivity index (χ0n) is 31.6. The summed E-state index contributed by atoms with van der Waals surface area (Å²) in [6.07, 6.45) is 5.80. The SMILES string of the molecule is Cc1nc(Nc2ncc(C(=O)Nc3c(C)cccc3Cl)s2)cc(N2CCC(CN[C@H]3CCCN(c4ccc5c(c4)C(=O)N(C4CCC(=O)NC4=O)C5=O)C3)CC2)n1. The van der Waals surface area contributed by atoms with E-state index < -0.39 is 29.7 Å². The number of nitrogens with one attached hydrogen (secondary N) is 4. The van der Waals surface area contributed by atoms with Gasteiger partial charge in [0.25, 0.3) is 17.7 Å². The lowest BCUT2D eigenvalue weighted by Crippen LogP contribution is -2.54. The number of thiazole rings is 1. The van der Waals surface area contributed by atoms with Crippen LogP contribution in [0.1, 0.15) is 80.3 Å². The third-order valence-corrected chi connectivity index (χ3v) is 12.3. The molecule has 0 bridgehead atoms. The van der Waals surface area contributed by atoms with Gasteiger partial charge in [-0.25, -0.2) is 15.0 Å². The van der Waals surface area contributed by atoms with Gasteiger partial charge in [-0.1, -0.05) is 35.1 Å². The molecule has 3 saturated heterocycles. The molecule has 2 atom stereocenters. The van der Waals surface area contributed by atoms with Crippen molar-refractivity contribution in [2.75, 3.05) is 53.2 Å². The van der Waals surface area contributed by atoms with Gasteiger partial charge in [-0.3, -0.25) is 34.2 Å². The number of carbonyl (C=O) groups is 5. The number of para-hydroxylation sites is 1. The van der Waals surface area contributed by atoms with Gasteiger partial charge in [-0.05, 0) is 88.2 Å². The van der Waals surface area contributed by atoms with Crippen LogP contribution in [0.15, 0.2) is 48.7 Å². The summed E-state index contributed by atoms with van der Waals surface area (Å²) in [7, 11) is 0. The van der Waals surface area contributed by atoms with Gasteiger partial charge in [0.2, 0.25) is 11.8 Å². The summed E-state index contributed by atoms with van der Waals surface area (Å²) in [4.78, 5) is 83.3. The van der Waals surface area contributed by atoms with E-state index in [2.05, 4.69) is 41.0 Å². The Balaban J connectivity index is 0.824. The molecule has 1 unspecified atom stereocenters. The van der Waals surface area contributed by atoms with Gasteiger partial charge in [-0.2, -0.15) is 0 Å². The molecule has 57 heavy (non-hydrogen) atoms. The largest absolute Gasteiger partial charge is 0.370 e. The van der Waals surface area contributed by atoms with Crippen LogP contribution in [0, 0.1) is 19.8 Å². The highest BCUT2D eigenvalue weighted by Crippen LogP contribution is 2.33. The molecule has 6 heterocycles. The number of benzene rings is 2. The Bertz CT molecular complexity index is 2240. The zero-order valence-corrected chi connectivity index (χ0v) is 33.2. The van der Waals surface area contributed by atoms with E-state index in [9.17, 15) is 24.0 Å². The number of anilines is 5. The number of hydrogen-bond acceptors (Lipinski definition) is 13. The second-order valence-electron chi connectivity index (χ2n) is 15.0. The van der Waals surface area contributed by atoms with E-state index in [1.165, 1.54) is 17.5 Å². The normalized spacial score (nSPS) is 20.2. The first kappa shape index (κ1) is 38.4. The highest BCUT2D eigenvalue weighted by molar-refractivity contribution is 7.17. The van der Waals surface area contributed by atoms with E-state index in [1.54, 1.807) is 18.2 Å². The molecule has 4 N–H and O–H groups in total. The first-order chi connectivity index (χ1) is 27.5. The fourth-order valence-electron chi connectivity index (χ4n) is 8.02. The third kappa shape index (κ3) is 8.20. The fourth-order valence-corrected chi connectivity index (χ4v) is 9.01. The predicted octanol–water partition coefficient (Wildman–Crippen LogP) is 5.08. The monoisotopic (exact) mass is 810 g/mol. The van der Waals surface area contributed by atoms with Gasteiger partial charge < -0.3 is 25.8 Å². The maximum atomic E-state index is 13.4. The van der Waals surface area contributed by atoms with Gasteiger partial charge in [0.15, 0.2) is 5.13 Å². The Morgan fingerprint density at radius 3 is 2.54 bits per heavy atom. The molecule has 17 heteroatoms. The number of nitrogens with zero attached hydrogens (tertiary/aromatic N) is 6. The quantitative estimate of drug-likeness (QED) is 0.156. The van der Waals surface area contributed by atoms with Crippen LogP contribution >= 0.6 is 22.9 Å². The van der Waals surface area contributed by atoms with E-state index in [1.807, 2.05) is 38.1 Å². The molecule has 3 fully saturated rings. The van der Waals surface area contributed by atoms with Crippen LogP contribution in [-0.4, -0.2) is 94.2 Å². The molecular weight excluding hydrogens is 768 g/mol. The van der Waals surface area contributed by atoms with Gasteiger partial charge in [0.1, 0.15) is 28.4 Å². The van der Waals surface area contributed by atoms with Crippen LogP contribution in [0.25, 0.3) is 0 Å². The van der Waals surface area contributed by atoms with E-state index in [0.717, 1.165) is 80.4 Å². The van der Waals surface area contributed by atoms with Crippen molar-refractivity contribution in [3.05, 3.63) is 81.1 Å². The highest BCUT2D eigenvalue weighted by Gasteiger charge is 2.45. The Morgan fingerprint density at radius 1 is 0.947 bits per heavy atom. The summed E-state index contributed by atoms with van der Waals surface area (Å²) >= 11 is 7.53. The average molecular weight is 811 g/mol. The van der Waals surface area contributed by atoms with Crippen LogP contribution in [0.4, 0.5) is 28.1 Å². The Labute approximate surface area is 338 Å². The summed E-state index contributed by atoms with van der Waals surface area (Å²) in [5, 5.41) is 13.2. The minimum absolute atomic E-state index is 0.0867. The molecular formula is C40H43ClN10O5S. The first-order valence-corrected chi connectivity index (χ1v) is 20.4. The molecule has 8 rings (SSSR count). The number of piperidine rings is 3. The molecule has 0 radical (unpaired) electrons. The minimum Gasteiger partial charge on any atom is -0.370 e. The number of hydrogen-bond donors (Lipinski definition) is 4. The highest BCUT2D eigenvalue weighted by atomic mass is 35.5. The van der Waals surface area contributed by atoms with Crippen molar-refractivity contribution in [1.82, 2.24) is 30.5 Å². The Kier molecular flexibility index (Phi) is 10.9. The lowest BCUT2D eigenvalue weighted by atomic mass is 9.95. The van der Waals surface area contributed by atoms with Crippen LogP contribution in [0.3, 0.4) is 0 Å². The number of imide groups is 2. The van der Waals surface area contributed by atoms with E-state index in [-0.39, 0.29) is 30.4 Å². The summed E-state index contributed by atoms with van der Waals surface area (Å²) in [5.41, 5.74) is 2.91. The van der Waals surface area contributed by atoms with Crippen molar-refractivity contribution in [3.63, 3.8) is 0 Å². The fraction of sp³-hybridized carbons (Fsp3) is 0.400. The summed E-state index contributed by atoms with van der Waals surface area (Å²) in [5.74, 6) is 0.317. The number of aromatic nitrogens is 3. The minimum atomic E-state index is -0.981. The second-order valence-corrected chi connectivity index (χ2v) is 16.4. The molecule has 5 amide bonds. The first-order valence-electron chi connectivity index (χ1n) is 19.2. The van der Waals surface area contributed by atoms with E-state index in [4.69, 9.17) is 16.6 Å². The number of fused-ring (bicyclic) bond motifs is 1.